The van der Waals surface area contributed by atoms with Crippen LogP contribution in [-0.2, 0) is 11.2 Å². The summed E-state index contributed by atoms with van der Waals surface area (Å²) in [5.41, 5.74) is 2.70. The quantitative estimate of drug-likeness (QED) is 0.496. The van der Waals surface area contributed by atoms with Gasteiger partial charge in [-0.2, -0.15) is 0 Å². The minimum absolute atomic E-state index is 0.723. The summed E-state index contributed by atoms with van der Waals surface area (Å²) in [7, 11) is 0. The molecule has 0 saturated heterocycles. The second-order valence-electron chi connectivity index (χ2n) is 5.78. The van der Waals surface area contributed by atoms with Gasteiger partial charge in [0.05, 0.1) is 13.2 Å². The van der Waals surface area contributed by atoms with Crippen molar-refractivity contribution < 1.29 is 4.74 Å². The Morgan fingerprint density at radius 3 is 3.05 bits per heavy atom. The van der Waals surface area contributed by atoms with Gasteiger partial charge < -0.3 is 15.0 Å². The highest BCUT2D eigenvalue weighted by atomic mass is 16.5. The number of rotatable bonds is 6. The number of hydrogen-bond donors (Lipinski definition) is 1. The minimum atomic E-state index is 0.723. The second kappa shape index (κ2) is 6.94. The molecular weight excluding hydrogens is 262 g/mol. The highest BCUT2D eigenvalue weighted by molar-refractivity contribution is 5.97. The smallest absolute Gasteiger partial charge is 0.198 e. The normalized spacial score (nSPS) is 18.0. The summed E-state index contributed by atoms with van der Waals surface area (Å²) in [6.45, 7) is 6.38. The third kappa shape index (κ3) is 3.76. The largest absolute Gasteiger partial charge is 0.379 e. The van der Waals surface area contributed by atoms with Gasteiger partial charge in [-0.3, -0.25) is 4.99 Å². The van der Waals surface area contributed by atoms with Crippen LogP contribution in [0.3, 0.4) is 0 Å². The van der Waals surface area contributed by atoms with Crippen LogP contribution in [0.5, 0.6) is 0 Å². The molecule has 1 saturated carbocycles. The first-order valence-corrected chi connectivity index (χ1v) is 8.10. The van der Waals surface area contributed by atoms with Gasteiger partial charge in [-0.05, 0) is 43.7 Å². The Morgan fingerprint density at radius 2 is 2.24 bits per heavy atom. The van der Waals surface area contributed by atoms with E-state index in [4.69, 9.17) is 9.73 Å². The molecule has 0 spiro atoms. The molecule has 4 nitrogen and oxygen atoms in total. The molecule has 4 heteroatoms. The van der Waals surface area contributed by atoms with E-state index in [0.717, 1.165) is 51.1 Å². The number of nitrogens with zero attached hydrogens (tertiary/aromatic N) is 2. The predicted octanol–water partition coefficient (Wildman–Crippen LogP) is 2.44. The third-order valence-electron chi connectivity index (χ3n) is 4.03. The number of fused-ring (bicyclic) bond motifs is 1. The molecule has 21 heavy (non-hydrogen) atoms. The second-order valence-corrected chi connectivity index (χ2v) is 5.78. The monoisotopic (exact) mass is 287 g/mol. The maximum atomic E-state index is 5.66. The summed E-state index contributed by atoms with van der Waals surface area (Å²) in [5, 5.41) is 3.40. The Labute approximate surface area is 127 Å². The molecule has 0 radical (unpaired) electrons. The molecule has 1 heterocycles. The van der Waals surface area contributed by atoms with Gasteiger partial charge in [0.1, 0.15) is 0 Å². The van der Waals surface area contributed by atoms with Crippen molar-refractivity contribution in [1.29, 1.82) is 0 Å². The van der Waals surface area contributed by atoms with Gasteiger partial charge in [-0.1, -0.05) is 18.2 Å². The van der Waals surface area contributed by atoms with Crippen molar-refractivity contribution >= 4 is 11.6 Å². The molecule has 0 unspecified atom stereocenters. The van der Waals surface area contributed by atoms with Crippen LogP contribution < -0.4 is 10.2 Å². The van der Waals surface area contributed by atoms with E-state index >= 15 is 0 Å². The van der Waals surface area contributed by atoms with E-state index in [1.807, 2.05) is 0 Å². The van der Waals surface area contributed by atoms with Crippen molar-refractivity contribution in [3.63, 3.8) is 0 Å². The summed E-state index contributed by atoms with van der Waals surface area (Å²) >= 11 is 0. The molecule has 0 bridgehead atoms. The summed E-state index contributed by atoms with van der Waals surface area (Å²) < 4.78 is 5.66. The molecule has 1 fully saturated rings. The number of benzene rings is 1. The van der Waals surface area contributed by atoms with E-state index in [0.29, 0.717) is 0 Å². The molecule has 2 aliphatic rings. The first-order chi connectivity index (χ1) is 10.4. The van der Waals surface area contributed by atoms with Crippen molar-refractivity contribution in [2.75, 3.05) is 37.7 Å². The van der Waals surface area contributed by atoms with Gasteiger partial charge in [0.2, 0.25) is 0 Å². The van der Waals surface area contributed by atoms with Crippen LogP contribution in [0.4, 0.5) is 5.69 Å². The third-order valence-corrected chi connectivity index (χ3v) is 4.03. The topological polar surface area (TPSA) is 36.9 Å². The van der Waals surface area contributed by atoms with Crippen molar-refractivity contribution in [3.05, 3.63) is 29.8 Å². The number of ether oxygens (including phenoxy) is 1. The Kier molecular flexibility index (Phi) is 4.76. The predicted molar refractivity (Wildman–Crippen MR) is 87.0 cm³/mol. The van der Waals surface area contributed by atoms with E-state index < -0.39 is 0 Å². The number of anilines is 1. The van der Waals surface area contributed by atoms with Crippen LogP contribution in [0.2, 0.25) is 0 Å². The Hall–Kier alpha value is -1.55. The standard InChI is InChI=1S/C17H25N3O/c1-2-18-17(19-10-12-21-13-14-7-8-14)20-11-9-15-5-3-4-6-16(15)20/h3-6,14H,2,7-13H2,1H3,(H,18,19). The van der Waals surface area contributed by atoms with Gasteiger partial charge in [0.15, 0.2) is 5.96 Å². The molecule has 1 aromatic carbocycles. The molecule has 0 amide bonds. The minimum Gasteiger partial charge on any atom is -0.379 e. The van der Waals surface area contributed by atoms with Crippen LogP contribution in [-0.4, -0.2) is 38.8 Å². The van der Waals surface area contributed by atoms with Gasteiger partial charge in [0, 0.05) is 25.4 Å². The number of nitrogens with one attached hydrogen (secondary N) is 1. The lowest BCUT2D eigenvalue weighted by Crippen LogP contribution is -2.40. The lowest BCUT2D eigenvalue weighted by atomic mass is 10.2. The average molecular weight is 287 g/mol. The van der Waals surface area contributed by atoms with Crippen LogP contribution >= 0.6 is 0 Å². The number of aliphatic imine (C=N–C) groups is 1. The first kappa shape index (κ1) is 14.4. The zero-order valence-corrected chi connectivity index (χ0v) is 12.8. The van der Waals surface area contributed by atoms with Gasteiger partial charge in [-0.15, -0.1) is 0 Å². The molecular formula is C17H25N3O. The fourth-order valence-electron chi connectivity index (χ4n) is 2.70. The summed E-state index contributed by atoms with van der Waals surface area (Å²) in [6.07, 6.45) is 3.78. The SMILES string of the molecule is CCNC(=NCCOCC1CC1)N1CCc2ccccc21. The molecule has 1 N–H and O–H groups in total. The summed E-state index contributed by atoms with van der Waals surface area (Å²) in [6, 6.07) is 8.59. The van der Waals surface area contributed by atoms with Crippen LogP contribution in [0, 0.1) is 5.92 Å². The van der Waals surface area contributed by atoms with E-state index in [1.165, 1.54) is 24.1 Å². The van der Waals surface area contributed by atoms with Gasteiger partial charge in [0.25, 0.3) is 0 Å². The highest BCUT2D eigenvalue weighted by Gasteiger charge is 2.22. The first-order valence-electron chi connectivity index (χ1n) is 8.10. The van der Waals surface area contributed by atoms with Crippen LogP contribution in [0.1, 0.15) is 25.3 Å². The van der Waals surface area contributed by atoms with E-state index in [1.54, 1.807) is 0 Å². The fourth-order valence-corrected chi connectivity index (χ4v) is 2.70. The lowest BCUT2D eigenvalue weighted by molar-refractivity contribution is 0.132. The summed E-state index contributed by atoms with van der Waals surface area (Å²) in [5.74, 6) is 1.81. The Bertz CT molecular complexity index is 497. The Balaban J connectivity index is 1.58. The average Bonchev–Trinajstić information content (AvgIpc) is 3.23. The summed E-state index contributed by atoms with van der Waals surface area (Å²) in [4.78, 5) is 7.01. The van der Waals surface area contributed by atoms with E-state index in [-0.39, 0.29) is 0 Å². The highest BCUT2D eigenvalue weighted by Crippen LogP contribution is 2.29. The number of para-hydroxylation sites is 1. The van der Waals surface area contributed by atoms with Crippen molar-refractivity contribution in [2.45, 2.75) is 26.2 Å². The van der Waals surface area contributed by atoms with Crippen molar-refractivity contribution in [3.8, 4) is 0 Å². The molecule has 1 aliphatic heterocycles. The zero-order valence-electron chi connectivity index (χ0n) is 12.8. The van der Waals surface area contributed by atoms with Crippen molar-refractivity contribution in [2.24, 2.45) is 10.9 Å². The Morgan fingerprint density at radius 1 is 1.38 bits per heavy atom. The van der Waals surface area contributed by atoms with E-state index in [2.05, 4.69) is 41.4 Å². The molecule has 3 rings (SSSR count). The van der Waals surface area contributed by atoms with Crippen molar-refractivity contribution in [1.82, 2.24) is 5.32 Å². The maximum absolute atomic E-state index is 5.66. The molecule has 1 aliphatic carbocycles. The van der Waals surface area contributed by atoms with E-state index in [9.17, 15) is 0 Å². The number of hydrogen-bond acceptors (Lipinski definition) is 2. The number of guanidine groups is 1. The fraction of sp³-hybridized carbons (Fsp3) is 0.588. The maximum Gasteiger partial charge on any atom is 0.198 e. The molecule has 0 atom stereocenters. The zero-order chi connectivity index (χ0) is 14.5. The van der Waals surface area contributed by atoms with Gasteiger partial charge >= 0.3 is 0 Å². The molecule has 0 aromatic heterocycles. The van der Waals surface area contributed by atoms with Crippen LogP contribution in [0.15, 0.2) is 29.3 Å². The molecule has 1 aromatic rings. The molecule has 114 valence electrons. The lowest BCUT2D eigenvalue weighted by Gasteiger charge is -2.22. The van der Waals surface area contributed by atoms with Crippen LogP contribution in [0.25, 0.3) is 0 Å². The van der Waals surface area contributed by atoms with Gasteiger partial charge in [-0.25, -0.2) is 0 Å².